The molecule has 1 aliphatic heterocycles. The van der Waals surface area contributed by atoms with Crippen molar-refractivity contribution in [2.24, 2.45) is 0 Å². The normalized spacial score (nSPS) is 15.4. The average molecular weight is 418 g/mol. The predicted octanol–water partition coefficient (Wildman–Crippen LogP) is 3.04. The van der Waals surface area contributed by atoms with Crippen LogP contribution in [0.4, 0.5) is 4.39 Å². The van der Waals surface area contributed by atoms with Crippen LogP contribution in [0.5, 0.6) is 0 Å². The van der Waals surface area contributed by atoms with Crippen molar-refractivity contribution in [1.82, 2.24) is 25.1 Å². The minimum absolute atomic E-state index is 0.0129. The summed E-state index contributed by atoms with van der Waals surface area (Å²) in [4.78, 5) is 14.4. The van der Waals surface area contributed by atoms with Crippen LogP contribution >= 0.6 is 0 Å². The van der Waals surface area contributed by atoms with Crippen LogP contribution in [0.15, 0.2) is 54.9 Å². The number of rotatable bonds is 6. The first-order valence-corrected chi connectivity index (χ1v) is 10.3. The van der Waals surface area contributed by atoms with Crippen LogP contribution in [-0.4, -0.2) is 49.8 Å². The van der Waals surface area contributed by atoms with E-state index in [0.29, 0.717) is 44.3 Å². The van der Waals surface area contributed by atoms with Gasteiger partial charge in [0.1, 0.15) is 12.0 Å². The molecular formula is C23H23FN6O. The molecule has 3 aromatic rings. The van der Waals surface area contributed by atoms with Crippen molar-refractivity contribution >= 4 is 5.91 Å². The number of aromatic nitrogens is 4. The summed E-state index contributed by atoms with van der Waals surface area (Å²) in [6, 6.07) is 16.9. The molecule has 1 saturated heterocycles. The minimum Gasteiger partial charge on any atom is -0.342 e. The van der Waals surface area contributed by atoms with Crippen molar-refractivity contribution in [3.8, 4) is 11.8 Å². The molecule has 1 fully saturated rings. The molecule has 0 spiro atoms. The van der Waals surface area contributed by atoms with E-state index < -0.39 is 5.67 Å². The molecular weight excluding hydrogens is 395 g/mol. The van der Waals surface area contributed by atoms with Gasteiger partial charge in [-0.05, 0) is 71.5 Å². The number of aryl methyl sites for hydroxylation is 1. The van der Waals surface area contributed by atoms with E-state index in [-0.39, 0.29) is 12.3 Å². The van der Waals surface area contributed by atoms with Gasteiger partial charge in [-0.15, -0.1) is 5.10 Å². The molecule has 31 heavy (non-hydrogen) atoms. The topological polar surface area (TPSA) is 87.7 Å². The van der Waals surface area contributed by atoms with Crippen LogP contribution in [0.2, 0.25) is 0 Å². The van der Waals surface area contributed by atoms with Gasteiger partial charge in [-0.25, -0.2) is 9.07 Å². The first-order chi connectivity index (χ1) is 15.0. The highest BCUT2D eigenvalue weighted by atomic mass is 19.1. The fourth-order valence-electron chi connectivity index (χ4n) is 3.90. The lowest BCUT2D eigenvalue weighted by Crippen LogP contribution is -2.45. The Labute approximate surface area is 180 Å². The van der Waals surface area contributed by atoms with E-state index >= 15 is 4.39 Å². The molecule has 1 amide bonds. The van der Waals surface area contributed by atoms with Crippen LogP contribution in [-0.2, 0) is 17.6 Å². The van der Waals surface area contributed by atoms with E-state index in [4.69, 9.17) is 5.26 Å². The highest BCUT2D eigenvalue weighted by Gasteiger charge is 2.35. The molecule has 0 saturated carbocycles. The number of nitriles is 1. The molecule has 2 aromatic carbocycles. The van der Waals surface area contributed by atoms with Crippen molar-refractivity contribution < 1.29 is 9.18 Å². The lowest BCUT2D eigenvalue weighted by Gasteiger charge is -2.36. The summed E-state index contributed by atoms with van der Waals surface area (Å²) in [6.45, 7) is 0.854. The molecule has 0 bridgehead atoms. The second-order valence-corrected chi connectivity index (χ2v) is 7.94. The number of alkyl halides is 1. The molecule has 0 N–H and O–H groups in total. The number of hydrogen-bond acceptors (Lipinski definition) is 5. The zero-order chi connectivity index (χ0) is 21.7. The van der Waals surface area contributed by atoms with E-state index in [1.54, 1.807) is 15.6 Å². The van der Waals surface area contributed by atoms with Gasteiger partial charge in [0, 0.05) is 13.1 Å². The maximum atomic E-state index is 15.3. The minimum atomic E-state index is -1.27. The second kappa shape index (κ2) is 9.04. The summed E-state index contributed by atoms with van der Waals surface area (Å²) in [5.41, 5.74) is 2.02. The molecule has 0 radical (unpaired) electrons. The Morgan fingerprint density at radius 2 is 1.90 bits per heavy atom. The van der Waals surface area contributed by atoms with Crippen LogP contribution < -0.4 is 0 Å². The highest BCUT2D eigenvalue weighted by Crippen LogP contribution is 2.31. The monoisotopic (exact) mass is 418 g/mol. The average Bonchev–Trinajstić information content (AvgIpc) is 3.34. The Kier molecular flexibility index (Phi) is 6.03. The van der Waals surface area contributed by atoms with Crippen LogP contribution in [0.25, 0.3) is 5.69 Å². The van der Waals surface area contributed by atoms with Gasteiger partial charge in [0.05, 0.1) is 23.7 Å². The van der Waals surface area contributed by atoms with Crippen molar-refractivity contribution in [2.45, 2.75) is 37.8 Å². The molecule has 0 unspecified atom stereocenters. The van der Waals surface area contributed by atoms with E-state index in [0.717, 1.165) is 16.8 Å². The molecule has 0 aliphatic carbocycles. The quantitative estimate of drug-likeness (QED) is 0.614. The highest BCUT2D eigenvalue weighted by molar-refractivity contribution is 5.79. The Bertz CT molecular complexity index is 1070. The number of carbonyl (C=O) groups is 1. The number of likely N-dealkylation sites (tertiary alicyclic amines) is 1. The number of benzene rings is 2. The first kappa shape index (κ1) is 20.7. The van der Waals surface area contributed by atoms with E-state index in [2.05, 4.69) is 21.6 Å². The lowest BCUT2D eigenvalue weighted by atomic mass is 9.87. The Hall–Kier alpha value is -3.60. The number of piperidine rings is 1. The number of carbonyl (C=O) groups excluding carboxylic acids is 1. The summed E-state index contributed by atoms with van der Waals surface area (Å²) in [5, 5.41) is 20.1. The number of halogens is 1. The zero-order valence-electron chi connectivity index (χ0n) is 17.1. The SMILES string of the molecule is N#Cc1cccc(CCC2(F)CCN(C(=O)Cc3ccc(-n4cnnn4)cc3)CC2)c1. The predicted molar refractivity (Wildman–Crippen MR) is 112 cm³/mol. The van der Waals surface area contributed by atoms with Gasteiger partial charge >= 0.3 is 0 Å². The summed E-state index contributed by atoms with van der Waals surface area (Å²) in [5.74, 6) is 0.0129. The van der Waals surface area contributed by atoms with Gasteiger partial charge in [-0.2, -0.15) is 5.26 Å². The van der Waals surface area contributed by atoms with E-state index in [1.807, 2.05) is 42.5 Å². The van der Waals surface area contributed by atoms with Crippen molar-refractivity contribution in [3.63, 3.8) is 0 Å². The lowest BCUT2D eigenvalue weighted by molar-refractivity contribution is -0.133. The first-order valence-electron chi connectivity index (χ1n) is 10.3. The molecule has 0 atom stereocenters. The maximum Gasteiger partial charge on any atom is 0.226 e. The number of amides is 1. The molecule has 7 nitrogen and oxygen atoms in total. The van der Waals surface area contributed by atoms with Crippen molar-refractivity contribution in [3.05, 3.63) is 71.5 Å². The fraction of sp³-hybridized carbons (Fsp3) is 0.348. The van der Waals surface area contributed by atoms with Gasteiger partial charge in [0.25, 0.3) is 0 Å². The molecule has 1 aromatic heterocycles. The van der Waals surface area contributed by atoms with Gasteiger partial charge in [0.2, 0.25) is 5.91 Å². The third kappa shape index (κ3) is 5.12. The number of hydrogen-bond donors (Lipinski definition) is 0. The van der Waals surface area contributed by atoms with Gasteiger partial charge in [-0.1, -0.05) is 24.3 Å². The standard InChI is InChI=1S/C23H23FN6O/c24-23(9-8-18-2-1-3-20(14-18)16-25)10-12-29(13-11-23)22(31)15-19-4-6-21(7-5-19)30-17-26-27-28-30/h1-7,14,17H,8-13,15H2. The zero-order valence-corrected chi connectivity index (χ0v) is 17.1. The van der Waals surface area contributed by atoms with Gasteiger partial charge in [-0.3, -0.25) is 4.79 Å². The summed E-state index contributed by atoms with van der Waals surface area (Å²) in [7, 11) is 0. The van der Waals surface area contributed by atoms with Crippen LogP contribution in [0.1, 0.15) is 36.0 Å². The number of tetrazole rings is 1. The largest absolute Gasteiger partial charge is 0.342 e. The second-order valence-electron chi connectivity index (χ2n) is 7.94. The van der Waals surface area contributed by atoms with Crippen molar-refractivity contribution in [1.29, 1.82) is 5.26 Å². The summed E-state index contributed by atoms with van der Waals surface area (Å²) < 4.78 is 16.8. The van der Waals surface area contributed by atoms with Crippen LogP contribution in [0, 0.1) is 11.3 Å². The Morgan fingerprint density at radius 1 is 1.13 bits per heavy atom. The van der Waals surface area contributed by atoms with Gasteiger partial charge < -0.3 is 4.90 Å². The summed E-state index contributed by atoms with van der Waals surface area (Å²) in [6.07, 6.45) is 3.48. The third-order valence-corrected chi connectivity index (χ3v) is 5.84. The van der Waals surface area contributed by atoms with Gasteiger partial charge in [0.15, 0.2) is 0 Å². The van der Waals surface area contributed by atoms with Crippen molar-refractivity contribution in [2.75, 3.05) is 13.1 Å². The fourth-order valence-corrected chi connectivity index (χ4v) is 3.90. The molecule has 1 aliphatic rings. The maximum absolute atomic E-state index is 15.3. The smallest absolute Gasteiger partial charge is 0.226 e. The summed E-state index contributed by atoms with van der Waals surface area (Å²) >= 11 is 0. The number of nitrogens with zero attached hydrogens (tertiary/aromatic N) is 6. The molecule has 158 valence electrons. The third-order valence-electron chi connectivity index (χ3n) is 5.84. The Balaban J connectivity index is 1.27. The Morgan fingerprint density at radius 3 is 2.58 bits per heavy atom. The van der Waals surface area contributed by atoms with E-state index in [1.165, 1.54) is 6.33 Å². The molecule has 8 heteroatoms. The van der Waals surface area contributed by atoms with E-state index in [9.17, 15) is 4.79 Å². The van der Waals surface area contributed by atoms with Crippen LogP contribution in [0.3, 0.4) is 0 Å². The molecule has 2 heterocycles. The molecule has 4 rings (SSSR count).